The van der Waals surface area contributed by atoms with Gasteiger partial charge >= 0.3 is 0 Å². The lowest BCUT2D eigenvalue weighted by molar-refractivity contribution is -0.121. The van der Waals surface area contributed by atoms with Crippen LogP contribution in [0.5, 0.6) is 11.5 Å². The monoisotopic (exact) mass is 278 g/mol. The smallest absolute Gasteiger partial charge is 0.220 e. The van der Waals surface area contributed by atoms with Crippen molar-refractivity contribution < 1.29 is 14.3 Å². The summed E-state index contributed by atoms with van der Waals surface area (Å²) >= 11 is 0. The van der Waals surface area contributed by atoms with Crippen molar-refractivity contribution in [2.45, 2.75) is 26.3 Å². The third-order valence-electron chi connectivity index (χ3n) is 3.36. The molecule has 1 aliphatic rings. The van der Waals surface area contributed by atoms with Crippen molar-refractivity contribution >= 4 is 5.91 Å². The highest BCUT2D eigenvalue weighted by atomic mass is 16.6. The largest absolute Gasteiger partial charge is 0.486 e. The Morgan fingerprint density at radius 2 is 2.10 bits per heavy atom. The first-order chi connectivity index (χ1) is 9.69. The van der Waals surface area contributed by atoms with E-state index in [2.05, 4.69) is 5.32 Å². The molecule has 0 saturated heterocycles. The second kappa shape index (κ2) is 7.14. The van der Waals surface area contributed by atoms with Gasteiger partial charge in [-0.3, -0.25) is 4.79 Å². The Kier molecular flexibility index (Phi) is 5.24. The highest BCUT2D eigenvalue weighted by Gasteiger charge is 2.12. The Morgan fingerprint density at radius 1 is 1.35 bits per heavy atom. The van der Waals surface area contributed by atoms with Crippen molar-refractivity contribution in [2.75, 3.05) is 19.8 Å². The maximum Gasteiger partial charge on any atom is 0.220 e. The topological polar surface area (TPSA) is 73.6 Å². The second-order valence-corrected chi connectivity index (χ2v) is 5.13. The molecule has 5 nitrogen and oxygen atoms in total. The summed E-state index contributed by atoms with van der Waals surface area (Å²) in [6.07, 6.45) is 1.34. The van der Waals surface area contributed by atoms with Gasteiger partial charge in [-0.2, -0.15) is 0 Å². The molecule has 1 aliphatic heterocycles. The van der Waals surface area contributed by atoms with Gasteiger partial charge in [0, 0.05) is 13.0 Å². The zero-order valence-corrected chi connectivity index (χ0v) is 11.9. The number of hydrogen-bond acceptors (Lipinski definition) is 4. The first-order valence-electron chi connectivity index (χ1n) is 7.04. The maximum absolute atomic E-state index is 11.7. The lowest BCUT2D eigenvalue weighted by Crippen LogP contribution is -2.24. The van der Waals surface area contributed by atoms with Gasteiger partial charge in [-0.25, -0.2) is 0 Å². The van der Waals surface area contributed by atoms with Gasteiger partial charge < -0.3 is 20.5 Å². The Morgan fingerprint density at radius 3 is 2.85 bits per heavy atom. The van der Waals surface area contributed by atoms with Crippen LogP contribution < -0.4 is 20.5 Å². The number of nitrogens with two attached hydrogens (primary N) is 1. The van der Waals surface area contributed by atoms with Crippen molar-refractivity contribution in [1.82, 2.24) is 5.32 Å². The molecule has 0 fully saturated rings. The average Bonchev–Trinajstić information content (AvgIpc) is 2.50. The van der Waals surface area contributed by atoms with E-state index in [4.69, 9.17) is 15.2 Å². The van der Waals surface area contributed by atoms with Crippen molar-refractivity contribution in [3.8, 4) is 11.5 Å². The van der Waals surface area contributed by atoms with Crippen molar-refractivity contribution in [3.63, 3.8) is 0 Å². The van der Waals surface area contributed by atoms with Crippen molar-refractivity contribution in [3.05, 3.63) is 23.8 Å². The fourth-order valence-corrected chi connectivity index (χ4v) is 1.98. The van der Waals surface area contributed by atoms with Crippen LogP contribution in [0.4, 0.5) is 0 Å². The first kappa shape index (κ1) is 14.7. The van der Waals surface area contributed by atoms with Crippen LogP contribution in [0.1, 0.15) is 25.3 Å². The van der Waals surface area contributed by atoms with E-state index in [9.17, 15) is 4.79 Å². The van der Waals surface area contributed by atoms with E-state index in [1.54, 1.807) is 0 Å². The molecule has 2 rings (SSSR count). The molecule has 0 radical (unpaired) electrons. The minimum Gasteiger partial charge on any atom is -0.486 e. The lowest BCUT2D eigenvalue weighted by Gasteiger charge is -2.19. The molecule has 1 unspecified atom stereocenters. The first-order valence-corrected chi connectivity index (χ1v) is 7.04. The molecule has 1 aromatic carbocycles. The molecule has 0 saturated carbocycles. The molecule has 1 heterocycles. The number of ether oxygens (including phenoxy) is 2. The Hall–Kier alpha value is -1.75. The van der Waals surface area contributed by atoms with Crippen LogP contribution in [-0.2, 0) is 11.3 Å². The zero-order valence-electron chi connectivity index (χ0n) is 11.9. The van der Waals surface area contributed by atoms with E-state index >= 15 is 0 Å². The van der Waals surface area contributed by atoms with Crippen LogP contribution in [0.15, 0.2) is 18.2 Å². The molecule has 1 atom stereocenters. The molecule has 5 heteroatoms. The minimum absolute atomic E-state index is 0.0557. The van der Waals surface area contributed by atoms with E-state index in [0.29, 0.717) is 38.6 Å². The van der Waals surface area contributed by atoms with E-state index < -0.39 is 0 Å². The fraction of sp³-hybridized carbons (Fsp3) is 0.533. The van der Waals surface area contributed by atoms with Gasteiger partial charge in [0.15, 0.2) is 11.5 Å². The van der Waals surface area contributed by atoms with Gasteiger partial charge in [0.2, 0.25) is 5.91 Å². The van der Waals surface area contributed by atoms with E-state index in [1.807, 2.05) is 25.1 Å². The summed E-state index contributed by atoms with van der Waals surface area (Å²) in [6.45, 7) is 4.33. The maximum atomic E-state index is 11.7. The number of fused-ring (bicyclic) bond motifs is 1. The summed E-state index contributed by atoms with van der Waals surface area (Å²) in [5.74, 6) is 1.96. The molecule has 0 aliphatic carbocycles. The second-order valence-electron chi connectivity index (χ2n) is 5.13. The van der Waals surface area contributed by atoms with Gasteiger partial charge in [-0.05, 0) is 36.6 Å². The predicted octanol–water partition coefficient (Wildman–Crippen LogP) is 1.45. The van der Waals surface area contributed by atoms with E-state index in [0.717, 1.165) is 23.5 Å². The number of hydrogen-bond donors (Lipinski definition) is 2. The fourth-order valence-electron chi connectivity index (χ4n) is 1.98. The summed E-state index contributed by atoms with van der Waals surface area (Å²) in [5, 5.41) is 2.91. The van der Waals surface area contributed by atoms with Crippen LogP contribution in [0.3, 0.4) is 0 Å². The SMILES string of the molecule is CC(CN)CCC(=O)NCc1ccc2c(c1)OCCO2. The molecular formula is C15H22N2O3. The van der Waals surface area contributed by atoms with E-state index in [1.165, 1.54) is 0 Å². The van der Waals surface area contributed by atoms with Crippen molar-refractivity contribution in [1.29, 1.82) is 0 Å². The molecule has 0 aromatic heterocycles. The number of carbonyl (C=O) groups excluding carboxylic acids is 1. The van der Waals surface area contributed by atoms with Gasteiger partial charge in [0.05, 0.1) is 0 Å². The van der Waals surface area contributed by atoms with Crippen LogP contribution in [0.2, 0.25) is 0 Å². The molecule has 1 aromatic rings. The van der Waals surface area contributed by atoms with Gasteiger partial charge in [0.25, 0.3) is 0 Å². The molecule has 1 amide bonds. The Balaban J connectivity index is 1.80. The number of amides is 1. The molecule has 110 valence electrons. The van der Waals surface area contributed by atoms with Gasteiger partial charge in [-0.1, -0.05) is 13.0 Å². The molecule has 0 spiro atoms. The summed E-state index contributed by atoms with van der Waals surface area (Å²) < 4.78 is 11.0. The Bertz CT molecular complexity index is 462. The average molecular weight is 278 g/mol. The predicted molar refractivity (Wildman–Crippen MR) is 76.7 cm³/mol. The summed E-state index contributed by atoms with van der Waals surface area (Å²) in [5.41, 5.74) is 6.54. The number of carbonyl (C=O) groups is 1. The summed E-state index contributed by atoms with van der Waals surface area (Å²) in [4.78, 5) is 11.7. The van der Waals surface area contributed by atoms with E-state index in [-0.39, 0.29) is 5.91 Å². The third-order valence-corrected chi connectivity index (χ3v) is 3.36. The van der Waals surface area contributed by atoms with Crippen LogP contribution in [0.25, 0.3) is 0 Å². The lowest BCUT2D eigenvalue weighted by atomic mass is 10.1. The highest BCUT2D eigenvalue weighted by molar-refractivity contribution is 5.75. The molecule has 0 bridgehead atoms. The number of rotatable bonds is 6. The third kappa shape index (κ3) is 4.13. The minimum atomic E-state index is 0.0557. The van der Waals surface area contributed by atoms with Gasteiger partial charge in [-0.15, -0.1) is 0 Å². The summed E-state index contributed by atoms with van der Waals surface area (Å²) in [7, 11) is 0. The van der Waals surface area contributed by atoms with Crippen LogP contribution >= 0.6 is 0 Å². The summed E-state index contributed by atoms with van der Waals surface area (Å²) in [6, 6.07) is 5.74. The zero-order chi connectivity index (χ0) is 14.4. The normalized spacial score (nSPS) is 14.7. The van der Waals surface area contributed by atoms with Crippen LogP contribution in [0, 0.1) is 5.92 Å². The van der Waals surface area contributed by atoms with Crippen LogP contribution in [-0.4, -0.2) is 25.7 Å². The Labute approximate surface area is 119 Å². The highest BCUT2D eigenvalue weighted by Crippen LogP contribution is 2.30. The quantitative estimate of drug-likeness (QED) is 0.826. The van der Waals surface area contributed by atoms with Crippen molar-refractivity contribution in [2.24, 2.45) is 11.7 Å². The molecular weight excluding hydrogens is 256 g/mol. The molecule has 20 heavy (non-hydrogen) atoms. The number of nitrogens with one attached hydrogen (secondary N) is 1. The molecule has 3 N–H and O–H groups in total. The number of benzene rings is 1. The van der Waals surface area contributed by atoms with Gasteiger partial charge in [0.1, 0.15) is 13.2 Å². The standard InChI is InChI=1S/C15H22N2O3/c1-11(9-16)2-5-15(18)17-10-12-3-4-13-14(8-12)20-7-6-19-13/h3-4,8,11H,2,5-7,9-10,16H2,1H3,(H,17,18).